The quantitative estimate of drug-likeness (QED) is 0.464. The number of imide groups is 1. The number of fused-ring (bicyclic) bond motifs is 1. The van der Waals surface area contributed by atoms with E-state index in [1.165, 1.54) is 30.0 Å². The summed E-state index contributed by atoms with van der Waals surface area (Å²) in [6, 6.07) is 10.8. The van der Waals surface area contributed by atoms with Gasteiger partial charge in [-0.1, -0.05) is 6.07 Å². The number of nitrogens with one attached hydrogen (secondary N) is 1. The van der Waals surface area contributed by atoms with Crippen LogP contribution in [-0.4, -0.2) is 47.8 Å². The van der Waals surface area contributed by atoms with Crippen molar-refractivity contribution in [3.8, 4) is 5.75 Å². The van der Waals surface area contributed by atoms with E-state index >= 15 is 0 Å². The van der Waals surface area contributed by atoms with Gasteiger partial charge in [-0.15, -0.1) is 0 Å². The zero-order chi connectivity index (χ0) is 21.3. The Morgan fingerprint density at radius 2 is 1.93 bits per heavy atom. The van der Waals surface area contributed by atoms with E-state index in [1.54, 1.807) is 24.3 Å². The first-order valence-corrected chi connectivity index (χ1v) is 9.64. The molecule has 1 saturated heterocycles. The summed E-state index contributed by atoms with van der Waals surface area (Å²) in [4.78, 5) is 50.2. The number of nitrogens with zero attached hydrogens (tertiary/aromatic N) is 1. The number of carbonyl (C=O) groups excluding carboxylic acids is 4. The summed E-state index contributed by atoms with van der Waals surface area (Å²) in [5, 5.41) is 2.71. The molecule has 8 heteroatoms. The smallest absolute Gasteiger partial charge is 0.308 e. The molecule has 8 nitrogen and oxygen atoms in total. The fraction of sp³-hybridized carbons (Fsp3) is 0.273. The van der Waals surface area contributed by atoms with Gasteiger partial charge in [-0.25, -0.2) is 0 Å². The van der Waals surface area contributed by atoms with Gasteiger partial charge in [0.25, 0.3) is 17.7 Å². The van der Waals surface area contributed by atoms with E-state index in [-0.39, 0.29) is 35.4 Å². The molecule has 1 N–H and O–H groups in total. The average molecular weight is 408 g/mol. The second-order valence-corrected chi connectivity index (χ2v) is 7.19. The molecule has 3 amide bonds. The van der Waals surface area contributed by atoms with Crippen LogP contribution in [0.4, 0.5) is 5.69 Å². The van der Waals surface area contributed by atoms with Crippen molar-refractivity contribution in [2.24, 2.45) is 0 Å². The molecule has 1 fully saturated rings. The number of amides is 3. The molecule has 0 bridgehead atoms. The molecule has 30 heavy (non-hydrogen) atoms. The first kappa shape index (κ1) is 19.8. The highest BCUT2D eigenvalue weighted by molar-refractivity contribution is 6.22. The van der Waals surface area contributed by atoms with Crippen LogP contribution in [0.2, 0.25) is 0 Å². The molecule has 0 unspecified atom stereocenters. The number of anilines is 1. The Morgan fingerprint density at radius 3 is 2.67 bits per heavy atom. The van der Waals surface area contributed by atoms with Crippen molar-refractivity contribution in [3.05, 3.63) is 59.2 Å². The van der Waals surface area contributed by atoms with Crippen LogP contribution in [-0.2, 0) is 9.53 Å². The number of hydrogen-bond donors (Lipinski definition) is 1. The van der Waals surface area contributed by atoms with E-state index in [4.69, 9.17) is 9.47 Å². The highest BCUT2D eigenvalue weighted by Gasteiger charge is 2.37. The number of hydrogen-bond acceptors (Lipinski definition) is 6. The largest absolute Gasteiger partial charge is 0.427 e. The summed E-state index contributed by atoms with van der Waals surface area (Å²) in [5.74, 6) is -1.40. The summed E-state index contributed by atoms with van der Waals surface area (Å²) in [5.41, 5.74) is 1.24. The van der Waals surface area contributed by atoms with Gasteiger partial charge >= 0.3 is 5.97 Å². The fourth-order valence-electron chi connectivity index (χ4n) is 3.60. The maximum Gasteiger partial charge on any atom is 0.308 e. The molecular formula is C22H20N2O6. The van der Waals surface area contributed by atoms with Crippen molar-refractivity contribution in [3.63, 3.8) is 0 Å². The summed E-state index contributed by atoms with van der Waals surface area (Å²) in [6.07, 6.45) is 1.61. The summed E-state index contributed by atoms with van der Waals surface area (Å²) in [6.45, 7) is 2.15. The van der Waals surface area contributed by atoms with Crippen LogP contribution in [0, 0.1) is 0 Å². The minimum atomic E-state index is -0.484. The first-order valence-electron chi connectivity index (χ1n) is 9.64. The Hall–Kier alpha value is -3.52. The molecule has 2 aliphatic heterocycles. The summed E-state index contributed by atoms with van der Waals surface area (Å²) >= 11 is 0. The van der Waals surface area contributed by atoms with Crippen molar-refractivity contribution >= 4 is 29.4 Å². The van der Waals surface area contributed by atoms with Crippen LogP contribution in [0.3, 0.4) is 0 Å². The molecule has 0 radical (unpaired) electrons. The first-order chi connectivity index (χ1) is 14.4. The molecule has 154 valence electrons. The topological polar surface area (TPSA) is 102 Å². The Morgan fingerprint density at radius 1 is 1.13 bits per heavy atom. The van der Waals surface area contributed by atoms with Gasteiger partial charge in [-0.3, -0.25) is 24.1 Å². The van der Waals surface area contributed by atoms with E-state index in [1.807, 2.05) is 0 Å². The number of benzene rings is 2. The molecule has 0 aromatic heterocycles. The summed E-state index contributed by atoms with van der Waals surface area (Å²) < 4.78 is 10.5. The van der Waals surface area contributed by atoms with Crippen molar-refractivity contribution in [2.75, 3.05) is 18.5 Å². The van der Waals surface area contributed by atoms with Gasteiger partial charge in [0.1, 0.15) is 5.75 Å². The van der Waals surface area contributed by atoms with Gasteiger partial charge in [-0.2, -0.15) is 0 Å². The predicted molar refractivity (Wildman–Crippen MR) is 106 cm³/mol. The van der Waals surface area contributed by atoms with Crippen LogP contribution in [0.15, 0.2) is 42.5 Å². The number of ether oxygens (including phenoxy) is 2. The maximum absolute atomic E-state index is 12.7. The molecule has 0 saturated carbocycles. The average Bonchev–Trinajstić information content (AvgIpc) is 3.31. The molecule has 1 atom stereocenters. The standard InChI is InChI=1S/C22H20N2O6/c1-13(25)30-16-5-2-4-14(10-16)20(26)23-15-7-8-18-19(11-15)22(28)24(21(18)27)12-17-6-3-9-29-17/h2,4-5,7-8,10-11,17H,3,6,9,12H2,1H3,(H,23,26)/t17-/m0/s1. The normalized spacial score (nSPS) is 17.8. The molecule has 4 rings (SSSR count). The van der Waals surface area contributed by atoms with Crippen LogP contribution in [0.1, 0.15) is 50.8 Å². The van der Waals surface area contributed by atoms with Gasteiger partial charge < -0.3 is 14.8 Å². The molecule has 2 aliphatic rings. The molecule has 2 aromatic carbocycles. The van der Waals surface area contributed by atoms with E-state index in [0.717, 1.165) is 12.8 Å². The third kappa shape index (κ3) is 3.95. The van der Waals surface area contributed by atoms with E-state index < -0.39 is 17.8 Å². The van der Waals surface area contributed by atoms with Gasteiger partial charge in [0.2, 0.25) is 0 Å². The van der Waals surface area contributed by atoms with Gasteiger partial charge in [0.05, 0.1) is 23.8 Å². The third-order valence-corrected chi connectivity index (χ3v) is 5.00. The lowest BCUT2D eigenvalue weighted by molar-refractivity contribution is -0.131. The highest BCUT2D eigenvalue weighted by atomic mass is 16.5. The van der Waals surface area contributed by atoms with E-state index in [0.29, 0.717) is 17.9 Å². The zero-order valence-corrected chi connectivity index (χ0v) is 16.3. The lowest BCUT2D eigenvalue weighted by atomic mass is 10.1. The van der Waals surface area contributed by atoms with Crippen LogP contribution >= 0.6 is 0 Å². The van der Waals surface area contributed by atoms with Crippen molar-refractivity contribution in [2.45, 2.75) is 25.9 Å². The van der Waals surface area contributed by atoms with E-state index in [9.17, 15) is 19.2 Å². The van der Waals surface area contributed by atoms with Crippen molar-refractivity contribution in [1.29, 1.82) is 0 Å². The van der Waals surface area contributed by atoms with Crippen LogP contribution in [0.25, 0.3) is 0 Å². The van der Waals surface area contributed by atoms with Gasteiger partial charge in [0, 0.05) is 24.8 Å². The Kier molecular flexibility index (Phi) is 5.33. The molecule has 2 heterocycles. The number of esters is 1. The van der Waals surface area contributed by atoms with Gasteiger partial charge in [0.15, 0.2) is 0 Å². The summed E-state index contributed by atoms with van der Waals surface area (Å²) in [7, 11) is 0. The minimum absolute atomic E-state index is 0.129. The van der Waals surface area contributed by atoms with Gasteiger partial charge in [-0.05, 0) is 49.2 Å². The highest BCUT2D eigenvalue weighted by Crippen LogP contribution is 2.28. The lowest BCUT2D eigenvalue weighted by Gasteiger charge is -2.17. The zero-order valence-electron chi connectivity index (χ0n) is 16.3. The molecule has 2 aromatic rings. The fourth-order valence-corrected chi connectivity index (χ4v) is 3.60. The molecule has 0 aliphatic carbocycles. The van der Waals surface area contributed by atoms with Crippen molar-refractivity contribution in [1.82, 2.24) is 4.90 Å². The SMILES string of the molecule is CC(=O)Oc1cccc(C(=O)Nc2ccc3c(c2)C(=O)N(C[C@@H]2CCCO2)C3=O)c1. The Bertz CT molecular complexity index is 1040. The second kappa shape index (κ2) is 8.08. The Labute approximate surface area is 172 Å². The number of carbonyl (C=O) groups is 4. The third-order valence-electron chi connectivity index (χ3n) is 5.00. The van der Waals surface area contributed by atoms with Crippen molar-refractivity contribution < 1.29 is 28.7 Å². The second-order valence-electron chi connectivity index (χ2n) is 7.19. The molecule has 0 spiro atoms. The van der Waals surface area contributed by atoms with E-state index in [2.05, 4.69) is 5.32 Å². The van der Waals surface area contributed by atoms with Crippen LogP contribution < -0.4 is 10.1 Å². The monoisotopic (exact) mass is 408 g/mol. The molecular weight excluding hydrogens is 388 g/mol. The predicted octanol–water partition coefficient (Wildman–Crippen LogP) is 2.64. The Balaban J connectivity index is 1.49. The maximum atomic E-state index is 12.7. The van der Waals surface area contributed by atoms with Crippen LogP contribution in [0.5, 0.6) is 5.75 Å². The number of rotatable bonds is 5. The lowest BCUT2D eigenvalue weighted by Crippen LogP contribution is -2.36. The minimum Gasteiger partial charge on any atom is -0.427 e.